The topological polar surface area (TPSA) is 128 Å². The summed E-state index contributed by atoms with van der Waals surface area (Å²) in [5, 5.41) is 14.5. The molecule has 2 atom stereocenters. The first-order valence-corrected chi connectivity index (χ1v) is 12.3. The van der Waals surface area contributed by atoms with Crippen molar-refractivity contribution in [1.82, 2.24) is 19.6 Å². The van der Waals surface area contributed by atoms with Gasteiger partial charge in [-0.15, -0.1) is 0 Å². The van der Waals surface area contributed by atoms with E-state index in [2.05, 4.69) is 31.6 Å². The standard InChI is InChI=1S/C24H20FN5O5S/c1-34-24-21(29-36(32,33)19-6-3-17(25)4-7-19)10-16(11-27-24)20-8-9-23-26-12-18(30(23)28-20)5-2-15-13-35-14-22(15)31/h3-4,6-12,15,22,29,31H,13-14H2,1H3. The summed E-state index contributed by atoms with van der Waals surface area (Å²) in [7, 11) is -2.67. The molecule has 0 bridgehead atoms. The zero-order chi connectivity index (χ0) is 25.3. The number of benzene rings is 1. The van der Waals surface area contributed by atoms with Crippen LogP contribution in [-0.2, 0) is 14.8 Å². The highest BCUT2D eigenvalue weighted by atomic mass is 32.2. The van der Waals surface area contributed by atoms with Gasteiger partial charge in [0, 0.05) is 11.8 Å². The lowest BCUT2D eigenvalue weighted by atomic mass is 10.1. The Morgan fingerprint density at radius 1 is 1.17 bits per heavy atom. The number of imidazole rings is 1. The van der Waals surface area contributed by atoms with Crippen LogP contribution in [0.1, 0.15) is 5.69 Å². The van der Waals surface area contributed by atoms with Gasteiger partial charge in [-0.25, -0.2) is 27.3 Å². The Morgan fingerprint density at radius 2 is 1.97 bits per heavy atom. The number of pyridine rings is 1. The number of halogens is 1. The summed E-state index contributed by atoms with van der Waals surface area (Å²) >= 11 is 0. The first-order valence-electron chi connectivity index (χ1n) is 10.8. The highest BCUT2D eigenvalue weighted by Crippen LogP contribution is 2.29. The fourth-order valence-corrected chi connectivity index (χ4v) is 4.65. The van der Waals surface area contributed by atoms with Crippen LogP contribution in [0, 0.1) is 23.6 Å². The molecule has 184 valence electrons. The molecular weight excluding hydrogens is 489 g/mol. The van der Waals surface area contributed by atoms with E-state index in [1.807, 2.05) is 0 Å². The highest BCUT2D eigenvalue weighted by Gasteiger charge is 2.24. The minimum absolute atomic E-state index is 0.0528. The number of nitrogens with zero attached hydrogens (tertiary/aromatic N) is 4. The third-order valence-corrected chi connectivity index (χ3v) is 6.89. The predicted octanol–water partition coefficient (Wildman–Crippen LogP) is 2.10. The molecule has 1 fully saturated rings. The molecule has 4 heterocycles. The van der Waals surface area contributed by atoms with E-state index < -0.39 is 21.9 Å². The van der Waals surface area contributed by atoms with Crippen LogP contribution in [0.4, 0.5) is 10.1 Å². The lowest BCUT2D eigenvalue weighted by molar-refractivity contribution is 0.123. The van der Waals surface area contributed by atoms with Crippen LogP contribution in [0.15, 0.2) is 59.8 Å². The van der Waals surface area contributed by atoms with Gasteiger partial charge in [-0.2, -0.15) is 5.10 Å². The normalized spacial score (nSPS) is 17.5. The van der Waals surface area contributed by atoms with Crippen LogP contribution in [0.25, 0.3) is 16.9 Å². The third-order valence-electron chi connectivity index (χ3n) is 5.51. The van der Waals surface area contributed by atoms with Gasteiger partial charge in [-0.3, -0.25) is 4.72 Å². The van der Waals surface area contributed by atoms with Crippen LogP contribution < -0.4 is 9.46 Å². The summed E-state index contributed by atoms with van der Waals surface area (Å²) in [5.74, 6) is 5.21. The van der Waals surface area contributed by atoms with Crippen molar-refractivity contribution in [1.29, 1.82) is 0 Å². The largest absolute Gasteiger partial charge is 0.480 e. The SMILES string of the molecule is COc1ncc(-c2ccc3ncc(C#CC4COCC4O)n3n2)cc1NS(=O)(=O)c1ccc(F)cc1. The molecular formula is C24H20FN5O5S. The molecule has 2 N–H and O–H groups in total. The maximum Gasteiger partial charge on any atom is 0.262 e. The summed E-state index contributed by atoms with van der Waals surface area (Å²) in [6.45, 7) is 0.615. The maximum atomic E-state index is 13.2. The van der Waals surface area contributed by atoms with Gasteiger partial charge in [-0.1, -0.05) is 5.92 Å². The van der Waals surface area contributed by atoms with Gasteiger partial charge in [0.1, 0.15) is 17.2 Å². The minimum atomic E-state index is -4.04. The fraction of sp³-hybridized carbons (Fsp3) is 0.208. The Balaban J connectivity index is 1.49. The zero-order valence-corrected chi connectivity index (χ0v) is 19.7. The van der Waals surface area contributed by atoms with Crippen molar-refractivity contribution in [3.63, 3.8) is 0 Å². The van der Waals surface area contributed by atoms with Crippen molar-refractivity contribution in [2.45, 2.75) is 11.0 Å². The molecule has 3 aromatic heterocycles. The van der Waals surface area contributed by atoms with Gasteiger partial charge in [0.05, 0.1) is 49.1 Å². The van der Waals surface area contributed by atoms with E-state index in [1.165, 1.54) is 19.4 Å². The number of sulfonamides is 1. The Bertz CT molecular complexity index is 1590. The number of fused-ring (bicyclic) bond motifs is 1. The molecule has 0 amide bonds. The third kappa shape index (κ3) is 4.72. The average molecular weight is 510 g/mol. The van der Waals surface area contributed by atoms with Crippen molar-refractivity contribution in [2.24, 2.45) is 5.92 Å². The van der Waals surface area contributed by atoms with Crippen LogP contribution in [0.2, 0.25) is 0 Å². The summed E-state index contributed by atoms with van der Waals surface area (Å²) in [6, 6.07) is 9.45. The number of hydrogen-bond acceptors (Lipinski definition) is 8. The Labute approximate surface area is 205 Å². The molecule has 0 radical (unpaired) electrons. The molecule has 0 saturated carbocycles. The van der Waals surface area contributed by atoms with E-state index in [0.717, 1.165) is 24.3 Å². The Kier molecular flexibility index (Phi) is 6.27. The summed E-state index contributed by atoms with van der Waals surface area (Å²) in [5.41, 5.74) is 2.14. The van der Waals surface area contributed by atoms with Crippen LogP contribution in [-0.4, -0.2) is 59.5 Å². The number of rotatable bonds is 5. The molecule has 0 aliphatic carbocycles. The van der Waals surface area contributed by atoms with Crippen molar-refractivity contribution in [3.05, 3.63) is 66.4 Å². The fourth-order valence-electron chi connectivity index (χ4n) is 3.61. The van der Waals surface area contributed by atoms with E-state index in [0.29, 0.717) is 29.2 Å². The van der Waals surface area contributed by atoms with Gasteiger partial charge < -0.3 is 14.6 Å². The first kappa shape index (κ1) is 23.7. The van der Waals surface area contributed by atoms with Gasteiger partial charge in [0.2, 0.25) is 5.88 Å². The second-order valence-electron chi connectivity index (χ2n) is 7.95. The zero-order valence-electron chi connectivity index (χ0n) is 18.9. The van der Waals surface area contributed by atoms with Gasteiger partial charge in [0.25, 0.3) is 10.0 Å². The highest BCUT2D eigenvalue weighted by molar-refractivity contribution is 7.92. The second-order valence-corrected chi connectivity index (χ2v) is 9.64. The number of anilines is 1. The average Bonchev–Trinajstić information content (AvgIpc) is 3.47. The van der Waals surface area contributed by atoms with Gasteiger partial charge in [0.15, 0.2) is 5.65 Å². The van der Waals surface area contributed by atoms with Crippen molar-refractivity contribution >= 4 is 21.4 Å². The number of ether oxygens (including phenoxy) is 2. The monoisotopic (exact) mass is 509 g/mol. The van der Waals surface area contributed by atoms with Crippen molar-refractivity contribution < 1.29 is 27.4 Å². The molecule has 10 nitrogen and oxygen atoms in total. The van der Waals surface area contributed by atoms with E-state index >= 15 is 0 Å². The quantitative estimate of drug-likeness (QED) is 0.392. The molecule has 5 rings (SSSR count). The number of aliphatic hydroxyl groups is 1. The molecule has 12 heteroatoms. The van der Waals surface area contributed by atoms with E-state index in [-0.39, 0.29) is 29.0 Å². The smallest absolute Gasteiger partial charge is 0.262 e. The lowest BCUT2D eigenvalue weighted by Gasteiger charge is -2.12. The minimum Gasteiger partial charge on any atom is -0.480 e. The molecule has 2 unspecified atom stereocenters. The molecule has 1 aromatic carbocycles. The number of methoxy groups -OCH3 is 1. The Morgan fingerprint density at radius 3 is 2.69 bits per heavy atom. The van der Waals surface area contributed by atoms with Gasteiger partial charge in [-0.05, 0) is 48.4 Å². The van der Waals surface area contributed by atoms with E-state index in [4.69, 9.17) is 9.47 Å². The number of hydrogen-bond donors (Lipinski definition) is 2. The molecule has 1 aliphatic heterocycles. The molecule has 1 saturated heterocycles. The number of aromatic nitrogens is 4. The molecule has 36 heavy (non-hydrogen) atoms. The summed E-state index contributed by atoms with van der Waals surface area (Å²) < 4.78 is 53.3. The van der Waals surface area contributed by atoms with E-state index in [1.54, 1.807) is 22.8 Å². The predicted molar refractivity (Wildman–Crippen MR) is 127 cm³/mol. The number of nitrogens with one attached hydrogen (secondary N) is 1. The molecule has 1 aliphatic rings. The van der Waals surface area contributed by atoms with Crippen molar-refractivity contribution in [3.8, 4) is 29.0 Å². The van der Waals surface area contributed by atoms with Crippen LogP contribution in [0.5, 0.6) is 5.88 Å². The molecule has 0 spiro atoms. The summed E-state index contributed by atoms with van der Waals surface area (Å²) in [6.07, 6.45) is 2.44. The maximum absolute atomic E-state index is 13.2. The molecule has 4 aromatic rings. The van der Waals surface area contributed by atoms with Crippen molar-refractivity contribution in [2.75, 3.05) is 25.0 Å². The summed E-state index contributed by atoms with van der Waals surface area (Å²) in [4.78, 5) is 8.39. The van der Waals surface area contributed by atoms with Crippen LogP contribution >= 0.6 is 0 Å². The lowest BCUT2D eigenvalue weighted by Crippen LogP contribution is -2.15. The second kappa shape index (κ2) is 9.54. The van der Waals surface area contributed by atoms with Crippen LogP contribution in [0.3, 0.4) is 0 Å². The number of aliphatic hydroxyl groups excluding tert-OH is 1. The first-order chi connectivity index (χ1) is 17.3. The Hall–Kier alpha value is -4.05. The van der Waals surface area contributed by atoms with E-state index in [9.17, 15) is 17.9 Å². The van der Waals surface area contributed by atoms with Gasteiger partial charge >= 0.3 is 0 Å².